The lowest BCUT2D eigenvalue weighted by molar-refractivity contribution is 0.0750. The first kappa shape index (κ1) is 27.8. The molecule has 2 amide bonds. The fourth-order valence-electron chi connectivity index (χ4n) is 4.64. The third kappa shape index (κ3) is 6.44. The van der Waals surface area contributed by atoms with Gasteiger partial charge in [0.2, 0.25) is 0 Å². The van der Waals surface area contributed by atoms with Gasteiger partial charge in [-0.1, -0.05) is 39.3 Å². The predicted octanol–water partition coefficient (Wildman–Crippen LogP) is 5.62. The van der Waals surface area contributed by atoms with Crippen LogP contribution in [0.15, 0.2) is 48.7 Å². The molecule has 1 aliphatic heterocycles. The topological polar surface area (TPSA) is 107 Å². The first-order valence-corrected chi connectivity index (χ1v) is 13.2. The van der Waals surface area contributed by atoms with Gasteiger partial charge in [0.15, 0.2) is 0 Å². The molecule has 3 aromatic rings. The van der Waals surface area contributed by atoms with Gasteiger partial charge in [0, 0.05) is 29.9 Å². The van der Waals surface area contributed by atoms with Crippen LogP contribution in [0.3, 0.4) is 0 Å². The van der Waals surface area contributed by atoms with Crippen LogP contribution in [0, 0.1) is 18.3 Å². The number of hydrogen-bond acceptors (Lipinski definition) is 6. The quantitative estimate of drug-likeness (QED) is 0.433. The highest BCUT2D eigenvalue weighted by Crippen LogP contribution is 2.32. The number of carbonyl (C=O) groups excluding carboxylic acids is 2. The minimum Gasteiger partial charge on any atom is -0.495 e. The zero-order chi connectivity index (χ0) is 28.2. The van der Waals surface area contributed by atoms with Crippen molar-refractivity contribution in [2.45, 2.75) is 52.4 Å². The van der Waals surface area contributed by atoms with Crippen LogP contribution in [0.2, 0.25) is 0 Å². The number of benzene rings is 2. The number of ether oxygens (including phenoxy) is 1. The first-order chi connectivity index (χ1) is 18.6. The van der Waals surface area contributed by atoms with Crippen molar-refractivity contribution in [1.82, 2.24) is 15.4 Å². The average molecular weight is 526 g/mol. The van der Waals surface area contributed by atoms with E-state index in [0.29, 0.717) is 16.8 Å². The second kappa shape index (κ2) is 11.7. The lowest BCUT2D eigenvalue weighted by Crippen LogP contribution is -2.45. The fraction of sp³-hybridized carbons (Fsp3) is 0.355. The summed E-state index contributed by atoms with van der Waals surface area (Å²) in [6, 6.07) is 14.9. The van der Waals surface area contributed by atoms with E-state index in [2.05, 4.69) is 21.8 Å². The van der Waals surface area contributed by atoms with Crippen LogP contribution in [0.4, 0.5) is 5.69 Å². The highest BCUT2D eigenvalue weighted by Gasteiger charge is 2.23. The number of hydrazine groups is 1. The number of nitriles is 1. The molecule has 8 heteroatoms. The summed E-state index contributed by atoms with van der Waals surface area (Å²) in [5, 5.41) is 14.6. The molecule has 0 saturated carbocycles. The Kier molecular flexibility index (Phi) is 8.32. The highest BCUT2D eigenvalue weighted by molar-refractivity contribution is 6.07. The summed E-state index contributed by atoms with van der Waals surface area (Å²) in [6.07, 6.45) is 4.98. The molecular weight excluding hydrogens is 490 g/mol. The van der Waals surface area contributed by atoms with Crippen LogP contribution in [0.5, 0.6) is 5.75 Å². The molecule has 2 heterocycles. The molecule has 0 atom stereocenters. The van der Waals surface area contributed by atoms with Gasteiger partial charge >= 0.3 is 0 Å². The van der Waals surface area contributed by atoms with Crippen molar-refractivity contribution in [1.29, 1.82) is 5.26 Å². The predicted molar refractivity (Wildman–Crippen MR) is 152 cm³/mol. The Bertz CT molecular complexity index is 1410. The molecule has 2 aromatic carbocycles. The molecule has 202 valence electrons. The van der Waals surface area contributed by atoms with Gasteiger partial charge in [0.1, 0.15) is 11.8 Å². The van der Waals surface area contributed by atoms with E-state index in [4.69, 9.17) is 4.74 Å². The zero-order valence-corrected chi connectivity index (χ0v) is 23.2. The average Bonchev–Trinajstić information content (AvgIpc) is 2.93. The summed E-state index contributed by atoms with van der Waals surface area (Å²) < 4.78 is 5.45. The van der Waals surface area contributed by atoms with Gasteiger partial charge in [-0.15, -0.1) is 0 Å². The number of rotatable bonds is 6. The summed E-state index contributed by atoms with van der Waals surface area (Å²) in [4.78, 5) is 30.5. The van der Waals surface area contributed by atoms with Crippen molar-refractivity contribution in [3.05, 3.63) is 76.6 Å². The Morgan fingerprint density at radius 3 is 2.33 bits per heavy atom. The van der Waals surface area contributed by atoms with Gasteiger partial charge in [-0.3, -0.25) is 20.0 Å². The number of piperidine rings is 1. The molecule has 8 nitrogen and oxygen atoms in total. The number of nitrogens with zero attached hydrogens (tertiary/aromatic N) is 3. The number of methoxy groups -OCH3 is 1. The van der Waals surface area contributed by atoms with E-state index >= 15 is 0 Å². The summed E-state index contributed by atoms with van der Waals surface area (Å²) in [7, 11) is 1.45. The zero-order valence-electron chi connectivity index (χ0n) is 23.2. The van der Waals surface area contributed by atoms with Crippen LogP contribution in [0.25, 0.3) is 11.1 Å². The van der Waals surface area contributed by atoms with Crippen LogP contribution >= 0.6 is 0 Å². The van der Waals surface area contributed by atoms with Gasteiger partial charge < -0.3 is 10.1 Å². The third-order valence-corrected chi connectivity index (χ3v) is 6.94. The summed E-state index contributed by atoms with van der Waals surface area (Å²) >= 11 is 0. The number of pyridine rings is 1. The molecule has 0 aliphatic carbocycles. The molecule has 1 aromatic heterocycles. The van der Waals surface area contributed by atoms with Crippen molar-refractivity contribution in [3.8, 4) is 22.9 Å². The third-order valence-electron chi connectivity index (χ3n) is 6.94. The van der Waals surface area contributed by atoms with Crippen LogP contribution in [-0.4, -0.2) is 42.0 Å². The van der Waals surface area contributed by atoms with Gasteiger partial charge in [-0.25, -0.2) is 5.01 Å². The number of aromatic nitrogens is 1. The molecule has 1 fully saturated rings. The number of nitrogens with one attached hydrogen (secondary N) is 2. The maximum atomic E-state index is 13.4. The molecule has 4 rings (SSSR count). The first-order valence-electron chi connectivity index (χ1n) is 13.2. The standard InChI is InChI=1S/C31H35N5O3/c1-20-26(21-9-11-22(12-10-21)29(37)35-36-13-7-6-8-14-36)17-25(19-33-20)34-30(38)27-16-24(31(2,3)4)15-23(18-32)28(27)39-5/h9-12,15-17,19H,6-8,13-14H2,1-5H3,(H,34,38)(H,35,37). The Labute approximate surface area is 230 Å². The molecule has 2 N–H and O–H groups in total. The van der Waals surface area contributed by atoms with E-state index in [1.807, 2.05) is 50.9 Å². The minimum absolute atomic E-state index is 0.123. The Morgan fingerprint density at radius 1 is 1.03 bits per heavy atom. The second-order valence-corrected chi connectivity index (χ2v) is 10.8. The molecule has 0 radical (unpaired) electrons. The van der Waals surface area contributed by atoms with E-state index in [-0.39, 0.29) is 22.6 Å². The molecular formula is C31H35N5O3. The maximum Gasteiger partial charge on any atom is 0.265 e. The van der Waals surface area contributed by atoms with Gasteiger partial charge in [-0.2, -0.15) is 5.26 Å². The van der Waals surface area contributed by atoms with Crippen molar-refractivity contribution in [3.63, 3.8) is 0 Å². The molecule has 0 unspecified atom stereocenters. The maximum absolute atomic E-state index is 13.4. The smallest absolute Gasteiger partial charge is 0.265 e. The van der Waals surface area contributed by atoms with Crippen LogP contribution < -0.4 is 15.5 Å². The van der Waals surface area contributed by atoms with Gasteiger partial charge in [0.05, 0.1) is 30.1 Å². The van der Waals surface area contributed by atoms with Crippen molar-refractivity contribution < 1.29 is 14.3 Å². The lowest BCUT2D eigenvalue weighted by atomic mass is 9.84. The lowest BCUT2D eigenvalue weighted by Gasteiger charge is -2.26. The Hall–Kier alpha value is -4.22. The molecule has 0 spiro atoms. The summed E-state index contributed by atoms with van der Waals surface area (Å²) in [6.45, 7) is 9.71. The van der Waals surface area contributed by atoms with Gasteiger partial charge in [-0.05, 0) is 66.6 Å². The monoisotopic (exact) mass is 525 g/mol. The number of anilines is 1. The molecule has 0 bridgehead atoms. The van der Waals surface area contributed by atoms with E-state index in [0.717, 1.165) is 48.3 Å². The number of carbonyl (C=O) groups is 2. The van der Waals surface area contributed by atoms with Gasteiger partial charge in [0.25, 0.3) is 11.8 Å². The number of amides is 2. The molecule has 39 heavy (non-hydrogen) atoms. The van der Waals surface area contributed by atoms with Crippen molar-refractivity contribution in [2.24, 2.45) is 0 Å². The normalized spacial score (nSPS) is 13.8. The molecule has 1 aliphatic rings. The van der Waals surface area contributed by atoms with E-state index in [9.17, 15) is 14.9 Å². The van der Waals surface area contributed by atoms with Crippen molar-refractivity contribution >= 4 is 17.5 Å². The second-order valence-electron chi connectivity index (χ2n) is 10.8. The SMILES string of the molecule is COc1c(C#N)cc(C(C)(C)C)cc1C(=O)Nc1cnc(C)c(-c2ccc(C(=O)NN3CCCCC3)cc2)c1. The summed E-state index contributed by atoms with van der Waals surface area (Å²) in [5.74, 6) is -0.278. The van der Waals surface area contributed by atoms with E-state index in [1.165, 1.54) is 13.5 Å². The largest absolute Gasteiger partial charge is 0.495 e. The molecule has 1 saturated heterocycles. The van der Waals surface area contributed by atoms with E-state index in [1.54, 1.807) is 30.5 Å². The van der Waals surface area contributed by atoms with Crippen molar-refractivity contribution in [2.75, 3.05) is 25.5 Å². The van der Waals surface area contributed by atoms with Crippen LogP contribution in [-0.2, 0) is 5.41 Å². The number of hydrogen-bond donors (Lipinski definition) is 2. The fourth-order valence-corrected chi connectivity index (χ4v) is 4.64. The Balaban J connectivity index is 1.56. The van der Waals surface area contributed by atoms with Crippen LogP contribution in [0.1, 0.15) is 77.6 Å². The highest BCUT2D eigenvalue weighted by atomic mass is 16.5. The summed E-state index contributed by atoms with van der Waals surface area (Å²) in [5.41, 5.74) is 7.77. The number of aryl methyl sites for hydroxylation is 1. The minimum atomic E-state index is -0.393. The van der Waals surface area contributed by atoms with E-state index < -0.39 is 5.91 Å². The Morgan fingerprint density at radius 2 is 1.72 bits per heavy atom.